The molecule has 2 heterocycles. The summed E-state index contributed by atoms with van der Waals surface area (Å²) < 4.78 is 0. The molecule has 5 nitrogen and oxygen atoms in total. The Morgan fingerprint density at radius 1 is 1.00 bits per heavy atom. The number of nitrogens with one attached hydrogen (secondary N) is 3. The average molecular weight is 261 g/mol. The van der Waals surface area contributed by atoms with Gasteiger partial charge >= 0.3 is 0 Å². The largest absolute Gasteiger partial charge is 0.361 e. The minimum absolute atomic E-state index is 0.0938. The normalized spacial score (nSPS) is 14.6. The monoisotopic (exact) mass is 261 g/mol. The second-order valence-corrected chi connectivity index (χ2v) is 4.08. The van der Waals surface area contributed by atoms with Gasteiger partial charge in [0.25, 0.3) is 0 Å². The minimum atomic E-state index is -0.344. The molecule has 92 valence electrons. The third-order valence-electron chi connectivity index (χ3n) is 2.29. The van der Waals surface area contributed by atoms with Crippen LogP contribution in [0, 0.1) is 0 Å². The lowest BCUT2D eigenvalue weighted by atomic mass is 10.3. The molecule has 1 aromatic heterocycles. The number of thiocarbonyl (C=S) groups is 1. The summed E-state index contributed by atoms with van der Waals surface area (Å²) in [5.41, 5.74) is 1.21. The standard InChI is InChI=1S/C8H7N.C4H4N2O2S/c1-2-4-8-7(3-1)5-6-9-8;7-2-1-3(8)6-4(9)5-2/h1-6,9H;1H2,(H2,5,6,7,8,9). The van der Waals surface area contributed by atoms with Crippen LogP contribution < -0.4 is 10.6 Å². The average Bonchev–Trinajstić information content (AvgIpc) is 2.75. The zero-order valence-electron chi connectivity index (χ0n) is 9.40. The van der Waals surface area contributed by atoms with E-state index in [0.717, 1.165) is 0 Å². The summed E-state index contributed by atoms with van der Waals surface area (Å²) >= 11 is 4.50. The summed E-state index contributed by atoms with van der Waals surface area (Å²) in [5.74, 6) is -0.687. The van der Waals surface area contributed by atoms with Crippen LogP contribution in [0.5, 0.6) is 0 Å². The summed E-state index contributed by atoms with van der Waals surface area (Å²) in [5, 5.41) is 5.91. The fraction of sp³-hybridized carbons (Fsp3) is 0.0833. The van der Waals surface area contributed by atoms with Gasteiger partial charge in [0.05, 0.1) is 0 Å². The van der Waals surface area contributed by atoms with E-state index in [2.05, 4.69) is 46.0 Å². The van der Waals surface area contributed by atoms with Gasteiger partial charge in [-0.1, -0.05) is 18.2 Å². The van der Waals surface area contributed by atoms with Gasteiger partial charge < -0.3 is 15.6 Å². The molecule has 2 amide bonds. The molecular formula is C12H11N3O2S. The summed E-state index contributed by atoms with van der Waals surface area (Å²) in [6.07, 6.45) is 1.82. The minimum Gasteiger partial charge on any atom is -0.361 e. The first-order chi connectivity index (χ1) is 8.65. The number of fused-ring (bicyclic) bond motifs is 1. The SMILES string of the molecule is O=C1CC(=O)NC(=S)N1.c1ccc2[nH]ccc2c1. The quantitative estimate of drug-likeness (QED) is 0.490. The first-order valence-corrected chi connectivity index (χ1v) is 5.72. The number of hydrogen-bond donors (Lipinski definition) is 3. The Labute approximate surface area is 109 Å². The van der Waals surface area contributed by atoms with E-state index in [1.807, 2.05) is 18.3 Å². The number of amides is 2. The van der Waals surface area contributed by atoms with Gasteiger partial charge in [-0.2, -0.15) is 0 Å². The van der Waals surface area contributed by atoms with E-state index in [4.69, 9.17) is 0 Å². The zero-order chi connectivity index (χ0) is 13.0. The number of aromatic nitrogens is 1. The highest BCUT2D eigenvalue weighted by atomic mass is 32.1. The van der Waals surface area contributed by atoms with Crippen LogP contribution in [0.15, 0.2) is 36.5 Å². The Kier molecular flexibility index (Phi) is 3.69. The lowest BCUT2D eigenvalue weighted by Crippen LogP contribution is -2.49. The first-order valence-electron chi connectivity index (χ1n) is 5.31. The van der Waals surface area contributed by atoms with Crippen molar-refractivity contribution in [3.63, 3.8) is 0 Å². The van der Waals surface area contributed by atoms with Crippen molar-refractivity contribution in [2.45, 2.75) is 6.42 Å². The predicted octanol–water partition coefficient (Wildman–Crippen LogP) is 1.08. The van der Waals surface area contributed by atoms with Gasteiger partial charge in [0, 0.05) is 11.7 Å². The molecule has 3 rings (SSSR count). The highest BCUT2D eigenvalue weighted by Crippen LogP contribution is 2.09. The van der Waals surface area contributed by atoms with Gasteiger partial charge in [-0.05, 0) is 29.7 Å². The van der Waals surface area contributed by atoms with Crippen molar-refractivity contribution < 1.29 is 9.59 Å². The Morgan fingerprint density at radius 2 is 1.67 bits per heavy atom. The molecule has 0 spiro atoms. The van der Waals surface area contributed by atoms with Crippen molar-refractivity contribution in [1.82, 2.24) is 15.6 Å². The fourth-order valence-corrected chi connectivity index (χ4v) is 1.74. The third kappa shape index (κ3) is 3.14. The molecule has 0 aliphatic carbocycles. The molecule has 1 aliphatic heterocycles. The van der Waals surface area contributed by atoms with Crippen LogP contribution in [-0.2, 0) is 9.59 Å². The molecule has 0 radical (unpaired) electrons. The molecular weight excluding hydrogens is 250 g/mol. The lowest BCUT2D eigenvalue weighted by molar-refractivity contribution is -0.129. The molecule has 2 aromatic rings. The number of rotatable bonds is 0. The number of hydrogen-bond acceptors (Lipinski definition) is 3. The van der Waals surface area contributed by atoms with E-state index < -0.39 is 0 Å². The second kappa shape index (κ2) is 5.42. The summed E-state index contributed by atoms with van der Waals surface area (Å²) in [4.78, 5) is 24.0. The number of para-hydroxylation sites is 1. The molecule has 18 heavy (non-hydrogen) atoms. The topological polar surface area (TPSA) is 74.0 Å². The number of H-pyrrole nitrogens is 1. The fourth-order valence-electron chi connectivity index (χ4n) is 1.51. The van der Waals surface area contributed by atoms with E-state index in [1.54, 1.807) is 0 Å². The van der Waals surface area contributed by atoms with E-state index >= 15 is 0 Å². The lowest BCUT2D eigenvalue weighted by Gasteiger charge is -2.12. The van der Waals surface area contributed by atoms with E-state index in [1.165, 1.54) is 10.9 Å². The molecule has 0 unspecified atom stereocenters. The van der Waals surface area contributed by atoms with Gasteiger partial charge in [0.1, 0.15) is 6.42 Å². The van der Waals surface area contributed by atoms with Crippen molar-refractivity contribution in [1.29, 1.82) is 0 Å². The van der Waals surface area contributed by atoms with E-state index in [-0.39, 0.29) is 23.3 Å². The van der Waals surface area contributed by atoms with Crippen LogP contribution >= 0.6 is 12.2 Å². The summed E-state index contributed by atoms with van der Waals surface area (Å²) in [7, 11) is 0. The smallest absolute Gasteiger partial charge is 0.235 e. The molecule has 0 bridgehead atoms. The van der Waals surface area contributed by atoms with Crippen LogP contribution in [0.2, 0.25) is 0 Å². The number of carbonyl (C=O) groups excluding carboxylic acids is 2. The van der Waals surface area contributed by atoms with Gasteiger partial charge in [0.15, 0.2) is 5.11 Å². The van der Waals surface area contributed by atoms with Gasteiger partial charge in [0.2, 0.25) is 11.8 Å². The molecule has 1 aromatic carbocycles. The van der Waals surface area contributed by atoms with Crippen LogP contribution in [-0.4, -0.2) is 21.9 Å². The van der Waals surface area contributed by atoms with E-state index in [0.29, 0.717) is 0 Å². The van der Waals surface area contributed by atoms with Crippen molar-refractivity contribution in [3.8, 4) is 0 Å². The van der Waals surface area contributed by atoms with Gasteiger partial charge in [-0.15, -0.1) is 0 Å². The third-order valence-corrected chi connectivity index (χ3v) is 2.49. The molecule has 0 saturated carbocycles. The van der Waals surface area contributed by atoms with Crippen LogP contribution in [0.4, 0.5) is 0 Å². The maximum absolute atomic E-state index is 10.4. The number of benzene rings is 1. The van der Waals surface area contributed by atoms with Crippen molar-refractivity contribution >= 4 is 40.0 Å². The summed E-state index contributed by atoms with van der Waals surface area (Å²) in [6.45, 7) is 0. The first kappa shape index (κ1) is 12.3. The molecule has 1 aliphatic rings. The molecule has 1 saturated heterocycles. The van der Waals surface area contributed by atoms with Crippen molar-refractivity contribution in [2.75, 3.05) is 0 Å². The summed E-state index contributed by atoms with van der Waals surface area (Å²) in [6, 6.07) is 10.3. The zero-order valence-corrected chi connectivity index (χ0v) is 10.2. The van der Waals surface area contributed by atoms with Gasteiger partial charge in [-0.3, -0.25) is 9.59 Å². The molecule has 0 atom stereocenters. The predicted molar refractivity (Wildman–Crippen MR) is 71.8 cm³/mol. The molecule has 6 heteroatoms. The Morgan fingerprint density at radius 3 is 2.28 bits per heavy atom. The van der Waals surface area contributed by atoms with Crippen LogP contribution in [0.3, 0.4) is 0 Å². The maximum Gasteiger partial charge on any atom is 0.235 e. The highest BCUT2D eigenvalue weighted by molar-refractivity contribution is 7.80. The van der Waals surface area contributed by atoms with Gasteiger partial charge in [-0.25, -0.2) is 0 Å². The Balaban J connectivity index is 0.000000134. The Hall–Kier alpha value is -2.21. The number of aromatic amines is 1. The van der Waals surface area contributed by atoms with E-state index in [9.17, 15) is 9.59 Å². The Bertz CT molecular complexity index is 531. The number of carbonyl (C=O) groups is 2. The van der Waals surface area contributed by atoms with Crippen molar-refractivity contribution in [2.24, 2.45) is 0 Å². The van der Waals surface area contributed by atoms with Crippen LogP contribution in [0.1, 0.15) is 6.42 Å². The van der Waals surface area contributed by atoms with Crippen molar-refractivity contribution in [3.05, 3.63) is 36.5 Å². The second-order valence-electron chi connectivity index (χ2n) is 3.67. The molecule has 3 N–H and O–H groups in total. The highest BCUT2D eigenvalue weighted by Gasteiger charge is 2.17. The molecule has 1 fully saturated rings. The maximum atomic E-state index is 10.4. The van der Waals surface area contributed by atoms with Crippen LogP contribution in [0.25, 0.3) is 10.9 Å².